The van der Waals surface area contributed by atoms with Crippen LogP contribution >= 0.6 is 0 Å². The third-order valence-corrected chi connectivity index (χ3v) is 9.85. The van der Waals surface area contributed by atoms with Crippen molar-refractivity contribution >= 4 is 67.6 Å². The second kappa shape index (κ2) is 19.7. The summed E-state index contributed by atoms with van der Waals surface area (Å²) < 4.78 is 14.8. The Balaban J connectivity index is 0.844. The number of hydrogen-bond donors (Lipinski definition) is 6. The summed E-state index contributed by atoms with van der Waals surface area (Å²) in [5.74, 6) is 2.46. The summed E-state index contributed by atoms with van der Waals surface area (Å²) in [5.41, 5.74) is 17.4. The zero-order valence-corrected chi connectivity index (χ0v) is 32.4. The van der Waals surface area contributed by atoms with Gasteiger partial charge in [-0.25, -0.2) is 29.5 Å². The fraction of sp³-hybridized carbons (Fsp3) is 0.450. The molecule has 0 saturated heterocycles. The van der Waals surface area contributed by atoms with Crippen LogP contribution in [0.2, 0.25) is 0 Å². The standard InChI is InChI=1S/C40H54N12O4/c1-55-25-17-31-49-33-35(27-13-7-9-15-29(27)47-37(33)41)51(31)23-21-45-39(53)43-19-11-5-3-4-6-12-20-44-40(54)46-22-24-52-32(18-26-56-2)50-34-36(52)28-14-8-10-16-30(28)48-38(34)42/h7-10,13-16H,3-6,11-12,17-26H2,1-2H3,(H2,41,47)(H2,42,48)(H2,43,45,53)(H2,44,46,54). The molecule has 4 aromatic heterocycles. The Bertz CT molecular complexity index is 2090. The molecule has 16 heteroatoms. The number of aromatic nitrogens is 6. The van der Waals surface area contributed by atoms with E-state index >= 15 is 0 Å². The summed E-state index contributed by atoms with van der Waals surface area (Å²) in [7, 11) is 3.33. The Morgan fingerprint density at radius 1 is 0.571 bits per heavy atom. The van der Waals surface area contributed by atoms with Crippen molar-refractivity contribution in [1.29, 1.82) is 0 Å². The van der Waals surface area contributed by atoms with E-state index in [1.165, 1.54) is 0 Å². The lowest BCUT2D eigenvalue weighted by Crippen LogP contribution is -2.37. The van der Waals surface area contributed by atoms with Gasteiger partial charge in [-0.3, -0.25) is 0 Å². The molecule has 6 rings (SSSR count). The molecule has 0 spiro atoms. The van der Waals surface area contributed by atoms with Gasteiger partial charge in [-0.1, -0.05) is 62.1 Å². The number of nitrogen functional groups attached to an aromatic ring is 2. The molecule has 4 heterocycles. The highest BCUT2D eigenvalue weighted by atomic mass is 16.5. The average molecular weight is 767 g/mol. The van der Waals surface area contributed by atoms with Gasteiger partial charge in [-0.2, -0.15) is 0 Å². The van der Waals surface area contributed by atoms with Gasteiger partial charge in [-0.15, -0.1) is 0 Å². The molecule has 0 bridgehead atoms. The van der Waals surface area contributed by atoms with Gasteiger partial charge in [0.15, 0.2) is 11.6 Å². The number of ether oxygens (including phenoxy) is 2. The van der Waals surface area contributed by atoms with Crippen LogP contribution in [0.3, 0.4) is 0 Å². The van der Waals surface area contributed by atoms with Crippen LogP contribution in [0.25, 0.3) is 43.9 Å². The maximum atomic E-state index is 12.6. The first-order valence-corrected chi connectivity index (χ1v) is 19.5. The van der Waals surface area contributed by atoms with Gasteiger partial charge in [0.05, 0.1) is 35.3 Å². The van der Waals surface area contributed by atoms with E-state index in [1.807, 2.05) is 48.5 Å². The van der Waals surface area contributed by atoms with Crippen molar-refractivity contribution in [2.24, 2.45) is 0 Å². The van der Waals surface area contributed by atoms with Crippen LogP contribution in [0.4, 0.5) is 21.2 Å². The van der Waals surface area contributed by atoms with E-state index in [0.29, 0.717) is 88.0 Å². The van der Waals surface area contributed by atoms with Crippen molar-refractivity contribution in [3.8, 4) is 0 Å². The third-order valence-electron chi connectivity index (χ3n) is 9.85. The van der Waals surface area contributed by atoms with Gasteiger partial charge in [0.1, 0.15) is 22.7 Å². The van der Waals surface area contributed by atoms with Gasteiger partial charge >= 0.3 is 12.1 Å². The second-order valence-corrected chi connectivity index (χ2v) is 13.8. The van der Waals surface area contributed by atoms with Gasteiger partial charge < -0.3 is 51.3 Å². The van der Waals surface area contributed by atoms with Crippen LogP contribution < -0.4 is 32.7 Å². The lowest BCUT2D eigenvalue weighted by atomic mass is 10.1. The summed E-state index contributed by atoms with van der Waals surface area (Å²) in [4.78, 5) is 43.8. The first-order valence-electron chi connectivity index (χ1n) is 19.5. The van der Waals surface area contributed by atoms with Crippen molar-refractivity contribution in [2.45, 2.75) is 64.5 Å². The summed E-state index contributed by atoms with van der Waals surface area (Å²) in [5, 5.41) is 13.8. The first kappa shape index (κ1) is 39.9. The number of imidazole rings is 2. The predicted octanol–water partition coefficient (Wildman–Crippen LogP) is 4.66. The van der Waals surface area contributed by atoms with Crippen molar-refractivity contribution in [1.82, 2.24) is 50.3 Å². The van der Waals surface area contributed by atoms with Gasteiger partial charge in [0.2, 0.25) is 0 Å². The molecule has 0 unspecified atom stereocenters. The molecule has 6 aromatic rings. The highest BCUT2D eigenvalue weighted by Gasteiger charge is 2.19. The number of nitrogens with one attached hydrogen (secondary N) is 4. The fourth-order valence-electron chi connectivity index (χ4n) is 7.11. The zero-order chi connectivity index (χ0) is 39.3. The van der Waals surface area contributed by atoms with E-state index in [4.69, 9.17) is 30.9 Å². The molecular formula is C40H54N12O4. The molecule has 0 radical (unpaired) electrons. The Morgan fingerprint density at radius 3 is 1.39 bits per heavy atom. The molecule has 4 amide bonds. The van der Waals surface area contributed by atoms with E-state index < -0.39 is 0 Å². The maximum absolute atomic E-state index is 12.6. The quantitative estimate of drug-likeness (QED) is 0.0557. The number of methoxy groups -OCH3 is 2. The van der Waals surface area contributed by atoms with Crippen LogP contribution in [0.15, 0.2) is 48.5 Å². The minimum Gasteiger partial charge on any atom is -0.384 e. The van der Waals surface area contributed by atoms with Gasteiger partial charge in [-0.05, 0) is 25.0 Å². The molecule has 298 valence electrons. The van der Waals surface area contributed by atoms with Crippen LogP contribution in [0.1, 0.15) is 50.2 Å². The largest absolute Gasteiger partial charge is 0.384 e. The monoisotopic (exact) mass is 766 g/mol. The Labute approximate surface area is 326 Å². The number of hydrogen-bond acceptors (Lipinski definition) is 10. The number of urea groups is 2. The third kappa shape index (κ3) is 9.73. The Morgan fingerprint density at radius 2 is 0.964 bits per heavy atom. The molecule has 0 aliphatic heterocycles. The van der Waals surface area contributed by atoms with Crippen molar-refractivity contribution in [3.05, 3.63) is 60.2 Å². The number of nitrogens with zero attached hydrogens (tertiary/aromatic N) is 6. The van der Waals surface area contributed by atoms with Crippen molar-refractivity contribution in [3.63, 3.8) is 0 Å². The number of carbonyl (C=O) groups excluding carboxylic acids is 2. The fourth-order valence-corrected chi connectivity index (χ4v) is 7.11. The van der Waals surface area contributed by atoms with E-state index in [-0.39, 0.29) is 12.1 Å². The average Bonchev–Trinajstić information content (AvgIpc) is 3.76. The number of rotatable bonds is 21. The SMILES string of the molecule is COCCc1nc2c(N)nc3ccccc3c2n1CCNC(=O)NCCCCCCCCNC(=O)NCCn1c(CCOC)nc2c(N)nc3ccccc3c21. The van der Waals surface area contributed by atoms with E-state index in [2.05, 4.69) is 40.4 Å². The second-order valence-electron chi connectivity index (χ2n) is 13.8. The smallest absolute Gasteiger partial charge is 0.314 e. The van der Waals surface area contributed by atoms with Crippen molar-refractivity contribution < 1.29 is 19.1 Å². The molecule has 0 saturated carbocycles. The molecule has 0 aliphatic carbocycles. The molecular weight excluding hydrogens is 713 g/mol. The number of unbranched alkanes of at least 4 members (excludes halogenated alkanes) is 5. The van der Waals surface area contributed by atoms with Crippen LogP contribution in [0.5, 0.6) is 0 Å². The van der Waals surface area contributed by atoms with E-state index in [9.17, 15) is 9.59 Å². The lowest BCUT2D eigenvalue weighted by molar-refractivity contribution is 0.199. The number of carbonyl (C=O) groups is 2. The number of fused-ring (bicyclic) bond motifs is 6. The summed E-state index contributed by atoms with van der Waals surface area (Å²) in [6, 6.07) is 15.3. The molecule has 0 aliphatic rings. The topological polar surface area (TPSA) is 214 Å². The lowest BCUT2D eigenvalue weighted by Gasteiger charge is -2.12. The van der Waals surface area contributed by atoms with Crippen LogP contribution in [-0.2, 0) is 35.4 Å². The molecule has 0 atom stereocenters. The predicted molar refractivity (Wildman–Crippen MR) is 221 cm³/mol. The Kier molecular flexibility index (Phi) is 14.1. The molecule has 8 N–H and O–H groups in total. The van der Waals surface area contributed by atoms with Gasteiger partial charge in [0.25, 0.3) is 0 Å². The van der Waals surface area contributed by atoms with Crippen molar-refractivity contribution in [2.75, 3.05) is 65.1 Å². The minimum absolute atomic E-state index is 0.191. The zero-order valence-electron chi connectivity index (χ0n) is 32.4. The van der Waals surface area contributed by atoms with Gasteiger partial charge in [0, 0.05) is 77.1 Å². The highest BCUT2D eigenvalue weighted by Crippen LogP contribution is 2.30. The number of benzene rings is 2. The molecule has 16 nitrogen and oxygen atoms in total. The normalized spacial score (nSPS) is 11.5. The summed E-state index contributed by atoms with van der Waals surface area (Å²) >= 11 is 0. The summed E-state index contributed by atoms with van der Waals surface area (Å²) in [6.07, 6.45) is 7.21. The number of pyridine rings is 2. The highest BCUT2D eigenvalue weighted by molar-refractivity contribution is 6.07. The molecule has 0 fully saturated rings. The first-order chi connectivity index (χ1) is 27.4. The minimum atomic E-state index is -0.191. The van der Waals surface area contributed by atoms with E-state index in [0.717, 1.165) is 83.0 Å². The summed E-state index contributed by atoms with van der Waals surface area (Å²) in [6.45, 7) is 4.20. The maximum Gasteiger partial charge on any atom is 0.314 e. The van der Waals surface area contributed by atoms with E-state index in [1.54, 1.807) is 14.2 Å². The Hall–Kier alpha value is -5.74. The molecule has 56 heavy (non-hydrogen) atoms. The van der Waals surface area contributed by atoms with Crippen LogP contribution in [0, 0.1) is 0 Å². The van der Waals surface area contributed by atoms with Crippen LogP contribution in [-0.4, -0.2) is 94.7 Å². The molecule has 2 aromatic carbocycles. The number of nitrogens with two attached hydrogens (primary N) is 2. The number of anilines is 2. The number of para-hydroxylation sites is 2. The number of amides is 4.